The van der Waals surface area contributed by atoms with Crippen LogP contribution in [-0.4, -0.2) is 48.8 Å². The van der Waals surface area contributed by atoms with Gasteiger partial charge in [0.15, 0.2) is 5.78 Å². The first-order valence-electron chi connectivity index (χ1n) is 15.6. The predicted molar refractivity (Wildman–Crippen MR) is 177 cm³/mol. The number of hydrogen-bond donors (Lipinski definition) is 1. The summed E-state index contributed by atoms with van der Waals surface area (Å²) in [5.41, 5.74) is 6.10. The molecule has 0 spiro atoms. The zero-order chi connectivity index (χ0) is 31.5. The van der Waals surface area contributed by atoms with Gasteiger partial charge in [0, 0.05) is 41.9 Å². The lowest BCUT2D eigenvalue weighted by molar-refractivity contribution is -0.141. The Morgan fingerprint density at radius 2 is 1.60 bits per heavy atom. The summed E-state index contributed by atoms with van der Waals surface area (Å²) < 4.78 is 5.17. The van der Waals surface area contributed by atoms with E-state index in [4.69, 9.17) is 4.74 Å². The van der Waals surface area contributed by atoms with Crippen molar-refractivity contribution in [3.63, 3.8) is 0 Å². The van der Waals surface area contributed by atoms with E-state index in [2.05, 4.69) is 52.7 Å². The Hall–Kier alpha value is -4.81. The average Bonchev–Trinajstić information content (AvgIpc) is 3.05. The molecule has 4 aromatic rings. The summed E-state index contributed by atoms with van der Waals surface area (Å²) in [6.07, 6.45) is 5.52. The van der Waals surface area contributed by atoms with Crippen LogP contribution < -0.4 is 15.8 Å². The van der Waals surface area contributed by atoms with Crippen molar-refractivity contribution >= 4 is 35.0 Å². The Kier molecular flexibility index (Phi) is 8.76. The fourth-order valence-electron chi connectivity index (χ4n) is 6.74. The van der Waals surface area contributed by atoms with E-state index < -0.39 is 0 Å². The van der Waals surface area contributed by atoms with E-state index in [1.807, 2.05) is 32.2 Å². The molecule has 1 N–H and O–H groups in total. The first kappa shape index (κ1) is 30.2. The highest BCUT2D eigenvalue weighted by atomic mass is 16.5. The lowest BCUT2D eigenvalue weighted by Gasteiger charge is -2.34. The number of carbonyl (C=O) groups excluding carboxylic acids is 3. The summed E-state index contributed by atoms with van der Waals surface area (Å²) in [5.74, 6) is -0.473. The highest BCUT2D eigenvalue weighted by Crippen LogP contribution is 2.28. The third-order valence-corrected chi connectivity index (χ3v) is 9.03. The van der Waals surface area contributed by atoms with Gasteiger partial charge in [-0.1, -0.05) is 60.7 Å². The van der Waals surface area contributed by atoms with Gasteiger partial charge in [0.05, 0.1) is 6.61 Å². The molecule has 2 aliphatic rings. The lowest BCUT2D eigenvalue weighted by Crippen LogP contribution is -2.43. The molecule has 1 unspecified atom stereocenters. The van der Waals surface area contributed by atoms with Crippen LogP contribution in [0.15, 0.2) is 84.9 Å². The molecule has 0 bridgehead atoms. The van der Waals surface area contributed by atoms with Gasteiger partial charge in [-0.2, -0.15) is 0 Å². The van der Waals surface area contributed by atoms with Gasteiger partial charge in [0.1, 0.15) is 0 Å². The number of benzene rings is 4. The molecule has 6 heteroatoms. The molecule has 228 valence electrons. The van der Waals surface area contributed by atoms with Crippen LogP contribution in [0.5, 0.6) is 0 Å². The molecule has 0 saturated carbocycles. The molecule has 0 saturated heterocycles. The molecule has 1 amide bonds. The van der Waals surface area contributed by atoms with E-state index in [1.165, 1.54) is 33.7 Å². The second-order valence-corrected chi connectivity index (χ2v) is 11.9. The Balaban J connectivity index is 1.37. The van der Waals surface area contributed by atoms with Crippen molar-refractivity contribution in [1.82, 2.24) is 4.90 Å². The minimum Gasteiger partial charge on any atom is -0.466 e. The second kappa shape index (κ2) is 13.0. The van der Waals surface area contributed by atoms with Crippen molar-refractivity contribution in [3.05, 3.63) is 134 Å². The normalized spacial score (nSPS) is 14.9. The van der Waals surface area contributed by atoms with Crippen LogP contribution in [0.1, 0.15) is 57.2 Å². The molecule has 0 fully saturated rings. The van der Waals surface area contributed by atoms with E-state index in [1.54, 1.807) is 30.3 Å². The number of rotatable bonds is 9. The summed E-state index contributed by atoms with van der Waals surface area (Å²) in [6, 6.07) is 27.4. The number of esters is 1. The Morgan fingerprint density at radius 1 is 0.867 bits per heavy atom. The highest BCUT2D eigenvalue weighted by molar-refractivity contribution is 6.26. The largest absolute Gasteiger partial charge is 0.466 e. The number of Topliss-reactive ketones (excluding diaryl/α,β-unsaturated/α-hetero) is 1. The van der Waals surface area contributed by atoms with Crippen LogP contribution in [0.25, 0.3) is 11.6 Å². The summed E-state index contributed by atoms with van der Waals surface area (Å²) in [7, 11) is 2.04. The number of amides is 1. The zero-order valence-corrected chi connectivity index (χ0v) is 26.1. The van der Waals surface area contributed by atoms with Crippen LogP contribution in [0.4, 0.5) is 5.69 Å². The van der Waals surface area contributed by atoms with Crippen LogP contribution in [0.3, 0.4) is 0 Å². The van der Waals surface area contributed by atoms with Crippen molar-refractivity contribution in [2.24, 2.45) is 0 Å². The van der Waals surface area contributed by atoms with Crippen molar-refractivity contribution in [2.75, 3.05) is 25.5 Å². The standard InChI is InChI=1S/C39H38N2O4/c1-25-9-4-6-11-30(25)39(44)40-29-16-13-28(14-17-29)38(43)37-35-20-19-32-31-12-7-5-10-27(31)15-18-33(32)34(35)21-22-36(37)41(3)23-8-24-45-26(2)42/h4-7,9-17,19-20,36H,8,18,21-24H2,1-3H3,(H,40,44). The average molecular weight is 599 g/mol. The molecular weight excluding hydrogens is 560 g/mol. The molecule has 45 heavy (non-hydrogen) atoms. The van der Waals surface area contributed by atoms with Crippen LogP contribution in [0.2, 0.25) is 0 Å². The van der Waals surface area contributed by atoms with Crippen molar-refractivity contribution in [1.29, 1.82) is 0 Å². The molecule has 1 atom stereocenters. The SMILES string of the molecule is CC(=O)OCCCN(C)C1CCc2c3c(ccc2=C1C(=O)c1ccc(NC(=O)c2ccccc2C)cc1)=c1ccccc1=CC3. The van der Waals surface area contributed by atoms with Gasteiger partial charge in [-0.25, -0.2) is 0 Å². The highest BCUT2D eigenvalue weighted by Gasteiger charge is 2.31. The van der Waals surface area contributed by atoms with Crippen molar-refractivity contribution in [3.8, 4) is 0 Å². The summed E-state index contributed by atoms with van der Waals surface area (Å²) >= 11 is 0. The van der Waals surface area contributed by atoms with Gasteiger partial charge in [-0.05, 0) is 108 Å². The number of fused-ring (bicyclic) bond motifs is 4. The predicted octanol–water partition coefficient (Wildman–Crippen LogP) is 5.10. The fraction of sp³-hybridized carbons (Fsp3) is 0.256. The molecule has 4 aromatic carbocycles. The summed E-state index contributed by atoms with van der Waals surface area (Å²) in [4.78, 5) is 40.8. The van der Waals surface area contributed by atoms with Gasteiger partial charge in [0.2, 0.25) is 0 Å². The van der Waals surface area contributed by atoms with Gasteiger partial charge < -0.3 is 10.1 Å². The topological polar surface area (TPSA) is 75.7 Å². The Labute approximate surface area is 263 Å². The van der Waals surface area contributed by atoms with E-state index in [9.17, 15) is 14.4 Å². The van der Waals surface area contributed by atoms with Crippen molar-refractivity contribution in [2.45, 2.75) is 45.6 Å². The molecule has 0 aromatic heterocycles. The van der Waals surface area contributed by atoms with Gasteiger partial charge >= 0.3 is 5.97 Å². The Bertz CT molecular complexity index is 2010. The zero-order valence-electron chi connectivity index (χ0n) is 26.1. The van der Waals surface area contributed by atoms with Crippen molar-refractivity contribution < 1.29 is 19.1 Å². The molecule has 0 radical (unpaired) electrons. The van der Waals surface area contributed by atoms with E-state index in [0.717, 1.165) is 35.6 Å². The Morgan fingerprint density at radius 3 is 2.38 bits per heavy atom. The number of ketones is 1. The molecular formula is C39H38N2O4. The molecule has 0 heterocycles. The third-order valence-electron chi connectivity index (χ3n) is 9.03. The first-order chi connectivity index (χ1) is 21.8. The van der Waals surface area contributed by atoms with Crippen LogP contribution in [0, 0.1) is 17.4 Å². The quantitative estimate of drug-likeness (QED) is 0.165. The second-order valence-electron chi connectivity index (χ2n) is 11.9. The maximum Gasteiger partial charge on any atom is 0.302 e. The molecule has 6 rings (SSSR count). The third kappa shape index (κ3) is 6.24. The number of ether oxygens (including phenoxy) is 1. The smallest absolute Gasteiger partial charge is 0.302 e. The van der Waals surface area contributed by atoms with Crippen LogP contribution in [-0.2, 0) is 22.4 Å². The van der Waals surface area contributed by atoms with E-state index in [0.29, 0.717) is 36.4 Å². The number of aryl methyl sites for hydroxylation is 1. The monoisotopic (exact) mass is 598 g/mol. The van der Waals surface area contributed by atoms with Gasteiger partial charge in [-0.3, -0.25) is 19.3 Å². The van der Waals surface area contributed by atoms with Gasteiger partial charge in [0.25, 0.3) is 5.91 Å². The van der Waals surface area contributed by atoms with Crippen LogP contribution >= 0.6 is 0 Å². The molecule has 0 aliphatic heterocycles. The minimum atomic E-state index is -0.284. The maximum atomic E-state index is 14.4. The number of nitrogens with zero attached hydrogens (tertiary/aromatic N) is 1. The number of hydrogen-bond acceptors (Lipinski definition) is 5. The number of carbonyl (C=O) groups is 3. The van der Waals surface area contributed by atoms with E-state index in [-0.39, 0.29) is 23.7 Å². The van der Waals surface area contributed by atoms with Gasteiger partial charge in [-0.15, -0.1) is 0 Å². The minimum absolute atomic E-state index is 0.00953. The fourth-order valence-corrected chi connectivity index (χ4v) is 6.74. The van der Waals surface area contributed by atoms with E-state index >= 15 is 0 Å². The number of anilines is 1. The first-order valence-corrected chi connectivity index (χ1v) is 15.6. The number of nitrogens with one attached hydrogen (secondary N) is 1. The molecule has 6 nitrogen and oxygen atoms in total. The summed E-state index contributed by atoms with van der Waals surface area (Å²) in [6.45, 7) is 4.38. The maximum absolute atomic E-state index is 14.4. The summed E-state index contributed by atoms with van der Waals surface area (Å²) in [5, 5.41) is 7.72. The lowest BCUT2D eigenvalue weighted by atomic mass is 9.80. The molecule has 2 aliphatic carbocycles.